The fraction of sp³-hybridized carbons (Fsp3) is 0.778. The van der Waals surface area contributed by atoms with Gasteiger partial charge in [-0.1, -0.05) is 19.9 Å². The largest absolute Gasteiger partial charge is 0.314 e. The van der Waals surface area contributed by atoms with Crippen LogP contribution in [0.15, 0.2) is 12.7 Å². The lowest BCUT2D eigenvalue weighted by Gasteiger charge is -2.13. The third kappa shape index (κ3) is 4.57. The molecule has 0 spiro atoms. The minimum absolute atomic E-state index is 0.697. The predicted octanol–water partition coefficient (Wildman–Crippen LogP) is 2.34. The van der Waals surface area contributed by atoms with Gasteiger partial charge in [0, 0.05) is 6.04 Å². The first-order chi connectivity index (χ1) is 4.85. The van der Waals surface area contributed by atoms with Gasteiger partial charge in [0.05, 0.1) is 0 Å². The first kappa shape index (κ1) is 9.70. The number of allylic oxidation sites excluding steroid dienone is 1. The SMILES string of the molecule is C=CCCC(CC)NCC. The smallest absolute Gasteiger partial charge is 0.00672 e. The van der Waals surface area contributed by atoms with Crippen molar-refractivity contribution in [2.45, 2.75) is 39.2 Å². The van der Waals surface area contributed by atoms with Crippen LogP contribution in [0.5, 0.6) is 0 Å². The van der Waals surface area contributed by atoms with Crippen LogP contribution < -0.4 is 5.32 Å². The van der Waals surface area contributed by atoms with Crippen molar-refractivity contribution in [1.29, 1.82) is 0 Å². The van der Waals surface area contributed by atoms with Crippen LogP contribution in [0.2, 0.25) is 0 Å². The molecule has 0 heterocycles. The minimum atomic E-state index is 0.697. The molecule has 60 valence electrons. The van der Waals surface area contributed by atoms with Crippen LogP contribution in [0.4, 0.5) is 0 Å². The molecular weight excluding hydrogens is 122 g/mol. The molecule has 0 aromatic rings. The lowest BCUT2D eigenvalue weighted by molar-refractivity contribution is 0.484. The molecule has 0 aliphatic carbocycles. The summed E-state index contributed by atoms with van der Waals surface area (Å²) >= 11 is 0. The molecule has 0 radical (unpaired) electrons. The van der Waals surface area contributed by atoms with Gasteiger partial charge in [-0.3, -0.25) is 0 Å². The summed E-state index contributed by atoms with van der Waals surface area (Å²) in [5, 5.41) is 3.42. The summed E-state index contributed by atoms with van der Waals surface area (Å²) in [6.45, 7) is 9.15. The molecule has 0 saturated carbocycles. The van der Waals surface area contributed by atoms with Crippen molar-refractivity contribution in [1.82, 2.24) is 5.32 Å². The zero-order valence-electron chi connectivity index (χ0n) is 7.19. The van der Waals surface area contributed by atoms with Crippen LogP contribution in [0.25, 0.3) is 0 Å². The molecule has 0 rings (SSSR count). The van der Waals surface area contributed by atoms with Gasteiger partial charge in [-0.15, -0.1) is 6.58 Å². The molecule has 0 amide bonds. The monoisotopic (exact) mass is 141 g/mol. The average molecular weight is 141 g/mol. The predicted molar refractivity (Wildman–Crippen MR) is 47.2 cm³/mol. The Morgan fingerprint density at radius 3 is 2.60 bits per heavy atom. The number of rotatable bonds is 6. The molecule has 1 atom stereocenters. The fourth-order valence-electron chi connectivity index (χ4n) is 1.06. The van der Waals surface area contributed by atoms with E-state index < -0.39 is 0 Å². The Balaban J connectivity index is 3.29. The lowest BCUT2D eigenvalue weighted by atomic mass is 10.1. The highest BCUT2D eigenvalue weighted by Crippen LogP contribution is 2.00. The zero-order chi connectivity index (χ0) is 7.82. The van der Waals surface area contributed by atoms with Gasteiger partial charge in [0.2, 0.25) is 0 Å². The van der Waals surface area contributed by atoms with E-state index in [2.05, 4.69) is 25.7 Å². The Morgan fingerprint density at radius 2 is 2.20 bits per heavy atom. The summed E-state index contributed by atoms with van der Waals surface area (Å²) in [7, 11) is 0. The maximum absolute atomic E-state index is 3.70. The summed E-state index contributed by atoms with van der Waals surface area (Å²) in [5.74, 6) is 0. The quantitative estimate of drug-likeness (QED) is 0.560. The van der Waals surface area contributed by atoms with Gasteiger partial charge in [-0.05, 0) is 25.8 Å². The van der Waals surface area contributed by atoms with Crippen LogP contribution in [-0.4, -0.2) is 12.6 Å². The summed E-state index contributed by atoms with van der Waals surface area (Å²) in [6.07, 6.45) is 5.57. The summed E-state index contributed by atoms with van der Waals surface area (Å²) < 4.78 is 0. The molecule has 0 aromatic carbocycles. The van der Waals surface area contributed by atoms with E-state index in [0.29, 0.717) is 6.04 Å². The summed E-state index contributed by atoms with van der Waals surface area (Å²) in [6, 6.07) is 0.697. The molecule has 0 bridgehead atoms. The van der Waals surface area contributed by atoms with Crippen molar-refractivity contribution in [2.75, 3.05) is 6.54 Å². The Kier molecular flexibility index (Phi) is 6.61. The van der Waals surface area contributed by atoms with Crippen LogP contribution >= 0.6 is 0 Å². The van der Waals surface area contributed by atoms with Gasteiger partial charge in [0.15, 0.2) is 0 Å². The van der Waals surface area contributed by atoms with Crippen LogP contribution in [0.1, 0.15) is 33.1 Å². The number of hydrogen-bond donors (Lipinski definition) is 1. The first-order valence-corrected chi connectivity index (χ1v) is 4.19. The third-order valence-corrected chi connectivity index (χ3v) is 1.70. The van der Waals surface area contributed by atoms with Crippen LogP contribution in [-0.2, 0) is 0 Å². The van der Waals surface area contributed by atoms with Crippen molar-refractivity contribution >= 4 is 0 Å². The molecule has 1 nitrogen and oxygen atoms in total. The molecule has 1 unspecified atom stereocenters. The molecule has 0 aromatic heterocycles. The third-order valence-electron chi connectivity index (χ3n) is 1.70. The highest BCUT2D eigenvalue weighted by Gasteiger charge is 2.00. The van der Waals surface area contributed by atoms with Gasteiger partial charge >= 0.3 is 0 Å². The van der Waals surface area contributed by atoms with Crippen molar-refractivity contribution in [3.05, 3.63) is 12.7 Å². The van der Waals surface area contributed by atoms with E-state index in [1.165, 1.54) is 12.8 Å². The van der Waals surface area contributed by atoms with Crippen molar-refractivity contribution in [2.24, 2.45) is 0 Å². The maximum atomic E-state index is 3.70. The Morgan fingerprint density at radius 1 is 1.50 bits per heavy atom. The lowest BCUT2D eigenvalue weighted by Crippen LogP contribution is -2.27. The van der Waals surface area contributed by atoms with Gasteiger partial charge in [-0.25, -0.2) is 0 Å². The second-order valence-corrected chi connectivity index (χ2v) is 2.53. The molecule has 0 aliphatic heterocycles. The Bertz CT molecular complexity index is 78.8. The molecule has 0 aliphatic rings. The molecule has 1 heteroatoms. The van der Waals surface area contributed by atoms with Crippen LogP contribution in [0, 0.1) is 0 Å². The van der Waals surface area contributed by atoms with E-state index in [1.807, 2.05) is 6.08 Å². The van der Waals surface area contributed by atoms with E-state index >= 15 is 0 Å². The molecular formula is C9H19N. The van der Waals surface area contributed by atoms with Crippen molar-refractivity contribution < 1.29 is 0 Å². The van der Waals surface area contributed by atoms with Gasteiger partial charge in [0.25, 0.3) is 0 Å². The summed E-state index contributed by atoms with van der Waals surface area (Å²) in [5.41, 5.74) is 0. The standard InChI is InChI=1S/C9H19N/c1-4-7-8-9(5-2)10-6-3/h4,9-10H,1,5-8H2,2-3H3. The molecule has 1 N–H and O–H groups in total. The highest BCUT2D eigenvalue weighted by molar-refractivity contribution is 4.72. The average Bonchev–Trinajstić information content (AvgIpc) is 1.98. The minimum Gasteiger partial charge on any atom is -0.314 e. The van der Waals surface area contributed by atoms with Crippen LogP contribution in [0.3, 0.4) is 0 Å². The molecule has 0 fully saturated rings. The second kappa shape index (κ2) is 6.81. The topological polar surface area (TPSA) is 12.0 Å². The normalized spacial score (nSPS) is 13.0. The zero-order valence-corrected chi connectivity index (χ0v) is 7.19. The van der Waals surface area contributed by atoms with E-state index in [9.17, 15) is 0 Å². The fourth-order valence-corrected chi connectivity index (χ4v) is 1.06. The Labute approximate surface area is 64.5 Å². The second-order valence-electron chi connectivity index (χ2n) is 2.53. The number of nitrogens with one attached hydrogen (secondary N) is 1. The van der Waals surface area contributed by atoms with E-state index in [0.717, 1.165) is 13.0 Å². The van der Waals surface area contributed by atoms with Gasteiger partial charge in [-0.2, -0.15) is 0 Å². The maximum Gasteiger partial charge on any atom is 0.00672 e. The van der Waals surface area contributed by atoms with Crippen molar-refractivity contribution in [3.8, 4) is 0 Å². The van der Waals surface area contributed by atoms with E-state index in [4.69, 9.17) is 0 Å². The highest BCUT2D eigenvalue weighted by atomic mass is 14.9. The van der Waals surface area contributed by atoms with E-state index in [1.54, 1.807) is 0 Å². The number of hydrogen-bond acceptors (Lipinski definition) is 1. The molecule has 0 saturated heterocycles. The Hall–Kier alpha value is -0.300. The van der Waals surface area contributed by atoms with E-state index in [-0.39, 0.29) is 0 Å². The summed E-state index contributed by atoms with van der Waals surface area (Å²) in [4.78, 5) is 0. The van der Waals surface area contributed by atoms with Gasteiger partial charge in [0.1, 0.15) is 0 Å². The van der Waals surface area contributed by atoms with Gasteiger partial charge < -0.3 is 5.32 Å². The first-order valence-electron chi connectivity index (χ1n) is 4.19. The molecule has 10 heavy (non-hydrogen) atoms. The van der Waals surface area contributed by atoms with Crippen molar-refractivity contribution in [3.63, 3.8) is 0 Å².